The molecule has 2 aromatic rings. The van der Waals surface area contributed by atoms with Crippen molar-refractivity contribution in [2.45, 2.75) is 12.5 Å². The van der Waals surface area contributed by atoms with Crippen LogP contribution in [0, 0.1) is 0 Å². The molecule has 1 N–H and O–H groups in total. The van der Waals surface area contributed by atoms with E-state index < -0.39 is 0 Å². The number of hydrogen-bond acceptors (Lipinski definition) is 5. The summed E-state index contributed by atoms with van der Waals surface area (Å²) in [5.41, 5.74) is 0.635. The third-order valence-corrected chi connectivity index (χ3v) is 3.84. The summed E-state index contributed by atoms with van der Waals surface area (Å²) in [7, 11) is 1.57. The van der Waals surface area contributed by atoms with Gasteiger partial charge in [0.05, 0.1) is 36.8 Å². The third-order valence-electron chi connectivity index (χ3n) is 3.65. The van der Waals surface area contributed by atoms with Gasteiger partial charge in [0.2, 0.25) is 0 Å². The fourth-order valence-corrected chi connectivity index (χ4v) is 2.56. The van der Waals surface area contributed by atoms with Crippen molar-refractivity contribution in [1.82, 2.24) is 14.9 Å². The highest BCUT2D eigenvalue weighted by Crippen LogP contribution is 2.24. The predicted octanol–water partition coefficient (Wildman–Crippen LogP) is 2.82. The molecule has 1 atom stereocenters. The lowest BCUT2D eigenvalue weighted by Gasteiger charge is -2.18. The van der Waals surface area contributed by atoms with Crippen molar-refractivity contribution in [2.24, 2.45) is 0 Å². The number of rotatable bonds is 4. The minimum Gasteiger partial charge on any atom is -0.495 e. The lowest BCUT2D eigenvalue weighted by Crippen LogP contribution is -2.34. The highest BCUT2D eigenvalue weighted by atomic mass is 35.5. The van der Waals surface area contributed by atoms with Gasteiger partial charge >= 0.3 is 12.0 Å². The van der Waals surface area contributed by atoms with Crippen molar-refractivity contribution in [3.63, 3.8) is 0 Å². The van der Waals surface area contributed by atoms with E-state index in [0.717, 1.165) is 0 Å². The average Bonchev–Trinajstić information content (AvgIpc) is 3.06. The van der Waals surface area contributed by atoms with Gasteiger partial charge in [0, 0.05) is 13.0 Å². The number of methoxy groups -OCH3 is 1. The summed E-state index contributed by atoms with van der Waals surface area (Å²) in [6.45, 7) is 1.06. The molecule has 0 saturated carbocycles. The second-order valence-electron chi connectivity index (χ2n) is 5.29. The monoisotopic (exact) mass is 348 g/mol. The van der Waals surface area contributed by atoms with E-state index in [-0.39, 0.29) is 18.1 Å². The number of carbonyl (C=O) groups is 1. The Morgan fingerprint density at radius 2 is 2.08 bits per heavy atom. The summed E-state index contributed by atoms with van der Waals surface area (Å²) in [6, 6.07) is 7.34. The average molecular weight is 349 g/mol. The number of nitrogens with zero attached hydrogens (tertiary/aromatic N) is 3. The molecule has 0 bridgehead atoms. The van der Waals surface area contributed by atoms with Crippen molar-refractivity contribution in [1.29, 1.82) is 0 Å². The molecule has 1 fully saturated rings. The largest absolute Gasteiger partial charge is 0.495 e. The number of benzene rings is 1. The van der Waals surface area contributed by atoms with Crippen molar-refractivity contribution in [2.75, 3.05) is 25.5 Å². The summed E-state index contributed by atoms with van der Waals surface area (Å²) in [5, 5.41) is 3.30. The molecule has 126 valence electrons. The topological polar surface area (TPSA) is 76.6 Å². The van der Waals surface area contributed by atoms with Crippen molar-refractivity contribution in [3.05, 3.63) is 41.7 Å². The van der Waals surface area contributed by atoms with Gasteiger partial charge in [-0.3, -0.25) is 0 Å². The Morgan fingerprint density at radius 3 is 2.83 bits per heavy atom. The SMILES string of the molecule is COc1ccccc1NC(=O)N1CC[C@@H](Oc2ncc(Cl)cn2)C1. The van der Waals surface area contributed by atoms with E-state index in [4.69, 9.17) is 21.1 Å². The molecule has 7 nitrogen and oxygen atoms in total. The van der Waals surface area contributed by atoms with Crippen LogP contribution in [0.1, 0.15) is 6.42 Å². The van der Waals surface area contributed by atoms with Crippen LogP contribution in [0.3, 0.4) is 0 Å². The smallest absolute Gasteiger partial charge is 0.322 e. The van der Waals surface area contributed by atoms with Crippen molar-refractivity contribution in [3.8, 4) is 11.8 Å². The summed E-state index contributed by atoms with van der Waals surface area (Å²) in [6.07, 6.45) is 3.52. The van der Waals surface area contributed by atoms with Crippen LogP contribution < -0.4 is 14.8 Å². The maximum absolute atomic E-state index is 12.4. The zero-order valence-electron chi connectivity index (χ0n) is 13.1. The molecule has 1 aliphatic heterocycles. The highest BCUT2D eigenvalue weighted by molar-refractivity contribution is 6.30. The van der Waals surface area contributed by atoms with Crippen LogP contribution in [0.25, 0.3) is 0 Å². The van der Waals surface area contributed by atoms with E-state index >= 15 is 0 Å². The molecule has 8 heteroatoms. The van der Waals surface area contributed by atoms with Crippen molar-refractivity contribution >= 4 is 23.3 Å². The van der Waals surface area contributed by atoms with Crippen LogP contribution in [0.15, 0.2) is 36.7 Å². The minimum atomic E-state index is -0.192. The standard InChI is InChI=1S/C16H17ClN4O3/c1-23-14-5-3-2-4-13(14)20-16(22)21-7-6-12(10-21)24-15-18-8-11(17)9-19-15/h2-5,8-9,12H,6-7,10H2,1H3,(H,20,22)/t12-/m1/s1. The van der Waals surface area contributed by atoms with Crippen LogP contribution in [0.2, 0.25) is 5.02 Å². The molecule has 0 aliphatic carbocycles. The zero-order chi connectivity index (χ0) is 16.9. The summed E-state index contributed by atoms with van der Waals surface area (Å²) in [4.78, 5) is 22.1. The second kappa shape index (κ2) is 7.35. The van der Waals surface area contributed by atoms with Crippen molar-refractivity contribution < 1.29 is 14.3 Å². The maximum atomic E-state index is 12.4. The molecule has 0 radical (unpaired) electrons. The molecule has 1 aromatic heterocycles. The Hall–Kier alpha value is -2.54. The van der Waals surface area contributed by atoms with Gasteiger partial charge in [-0.2, -0.15) is 0 Å². The molecule has 2 heterocycles. The molecule has 0 spiro atoms. The van der Waals surface area contributed by atoms with Gasteiger partial charge in [-0.05, 0) is 12.1 Å². The van der Waals surface area contributed by atoms with E-state index in [1.165, 1.54) is 12.4 Å². The first-order valence-corrected chi connectivity index (χ1v) is 7.86. The Labute approximate surface area is 144 Å². The zero-order valence-corrected chi connectivity index (χ0v) is 13.9. The second-order valence-corrected chi connectivity index (χ2v) is 5.73. The highest BCUT2D eigenvalue weighted by Gasteiger charge is 2.28. The van der Waals surface area contributed by atoms with Gasteiger partial charge in [0.1, 0.15) is 11.9 Å². The fourth-order valence-electron chi connectivity index (χ4n) is 2.46. The number of halogens is 1. The number of likely N-dealkylation sites (tertiary alicyclic amines) is 1. The quantitative estimate of drug-likeness (QED) is 0.919. The number of para-hydroxylation sites is 2. The molecular formula is C16H17ClN4O3. The summed E-state index contributed by atoms with van der Waals surface area (Å²) >= 11 is 5.74. The third kappa shape index (κ3) is 3.86. The van der Waals surface area contributed by atoms with Gasteiger partial charge in [0.25, 0.3) is 0 Å². The Kier molecular flexibility index (Phi) is 5.00. The molecule has 24 heavy (non-hydrogen) atoms. The van der Waals surface area contributed by atoms with Crippen LogP contribution >= 0.6 is 11.6 Å². The lowest BCUT2D eigenvalue weighted by atomic mass is 10.3. The van der Waals surface area contributed by atoms with E-state index in [2.05, 4.69) is 15.3 Å². The maximum Gasteiger partial charge on any atom is 0.322 e. The van der Waals surface area contributed by atoms with Gasteiger partial charge in [0.15, 0.2) is 0 Å². The number of carbonyl (C=O) groups excluding carboxylic acids is 1. The number of aromatic nitrogens is 2. The summed E-state index contributed by atoms with van der Waals surface area (Å²) < 4.78 is 10.9. The van der Waals surface area contributed by atoms with Crippen LogP contribution in [-0.4, -0.2) is 47.2 Å². The normalized spacial score (nSPS) is 16.8. The number of anilines is 1. The molecule has 1 aliphatic rings. The van der Waals surface area contributed by atoms with Crippen LogP contribution in [0.4, 0.5) is 10.5 Å². The van der Waals surface area contributed by atoms with E-state index in [9.17, 15) is 4.79 Å². The number of ether oxygens (including phenoxy) is 2. The Balaban J connectivity index is 1.56. The minimum absolute atomic E-state index is 0.144. The molecular weight excluding hydrogens is 332 g/mol. The molecule has 1 saturated heterocycles. The molecule has 3 rings (SSSR count). The van der Waals surface area contributed by atoms with E-state index in [1.807, 2.05) is 12.1 Å². The Bertz CT molecular complexity index is 711. The van der Waals surface area contributed by atoms with Crippen LogP contribution in [0.5, 0.6) is 11.8 Å². The number of urea groups is 1. The van der Waals surface area contributed by atoms with Gasteiger partial charge in [-0.25, -0.2) is 14.8 Å². The molecule has 1 aromatic carbocycles. The van der Waals surface area contributed by atoms with E-state index in [0.29, 0.717) is 36.0 Å². The van der Waals surface area contributed by atoms with Gasteiger partial charge in [-0.1, -0.05) is 23.7 Å². The van der Waals surface area contributed by atoms with Gasteiger partial charge in [-0.15, -0.1) is 0 Å². The van der Waals surface area contributed by atoms with Gasteiger partial charge < -0.3 is 19.7 Å². The first kappa shape index (κ1) is 16.3. The Morgan fingerprint density at radius 1 is 1.33 bits per heavy atom. The van der Waals surface area contributed by atoms with Crippen LogP contribution in [-0.2, 0) is 0 Å². The van der Waals surface area contributed by atoms with E-state index in [1.54, 1.807) is 24.1 Å². The number of amides is 2. The molecule has 2 amide bonds. The summed E-state index contributed by atoms with van der Waals surface area (Å²) in [5.74, 6) is 0.618. The lowest BCUT2D eigenvalue weighted by molar-refractivity contribution is 0.184. The first-order valence-electron chi connectivity index (χ1n) is 7.49. The number of nitrogens with one attached hydrogen (secondary N) is 1. The fraction of sp³-hybridized carbons (Fsp3) is 0.312. The predicted molar refractivity (Wildman–Crippen MR) is 89.7 cm³/mol. The first-order chi connectivity index (χ1) is 11.7. The number of hydrogen-bond donors (Lipinski definition) is 1. The molecule has 0 unspecified atom stereocenters.